The topological polar surface area (TPSA) is 96.5 Å². The van der Waals surface area contributed by atoms with Crippen molar-refractivity contribution in [1.82, 2.24) is 30.5 Å². The van der Waals surface area contributed by atoms with Gasteiger partial charge in [0.05, 0.1) is 17.9 Å². The minimum Gasteiger partial charge on any atom is -0.341 e. The Morgan fingerprint density at radius 2 is 2.18 bits per heavy atom. The Bertz CT molecular complexity index is 492. The van der Waals surface area contributed by atoms with E-state index in [0.717, 1.165) is 5.69 Å². The number of amides is 1. The van der Waals surface area contributed by atoms with Gasteiger partial charge in [0, 0.05) is 6.20 Å². The molecular weight excluding hydrogens is 220 g/mol. The van der Waals surface area contributed by atoms with E-state index in [0.29, 0.717) is 5.82 Å². The van der Waals surface area contributed by atoms with Gasteiger partial charge in [-0.2, -0.15) is 5.10 Å². The second-order valence-corrected chi connectivity index (χ2v) is 3.61. The Labute approximate surface area is 97.7 Å². The predicted octanol–water partition coefficient (Wildman–Crippen LogP) is 0.394. The Morgan fingerprint density at radius 3 is 2.76 bits per heavy atom. The number of nitrogens with zero attached hydrogens (tertiary/aromatic N) is 4. The van der Waals surface area contributed by atoms with Gasteiger partial charge >= 0.3 is 0 Å². The highest BCUT2D eigenvalue weighted by atomic mass is 16.1. The van der Waals surface area contributed by atoms with Crippen LogP contribution in [0, 0.1) is 6.92 Å². The summed E-state index contributed by atoms with van der Waals surface area (Å²) < 4.78 is 0. The first-order chi connectivity index (χ1) is 8.16. The maximum Gasteiger partial charge on any atom is 0.272 e. The molecule has 2 N–H and O–H groups in total. The predicted molar refractivity (Wildman–Crippen MR) is 59.0 cm³/mol. The van der Waals surface area contributed by atoms with Crippen LogP contribution in [-0.2, 0) is 0 Å². The fourth-order valence-electron chi connectivity index (χ4n) is 1.27. The molecule has 0 aliphatic carbocycles. The van der Waals surface area contributed by atoms with Crippen LogP contribution in [-0.4, -0.2) is 31.1 Å². The molecule has 7 nitrogen and oxygen atoms in total. The van der Waals surface area contributed by atoms with Crippen molar-refractivity contribution in [2.45, 2.75) is 19.9 Å². The Balaban J connectivity index is 2.04. The molecule has 2 heterocycles. The van der Waals surface area contributed by atoms with E-state index in [1.807, 2.05) is 6.92 Å². The van der Waals surface area contributed by atoms with E-state index in [2.05, 4.69) is 30.5 Å². The highest BCUT2D eigenvalue weighted by Crippen LogP contribution is 2.05. The average Bonchev–Trinajstić information content (AvgIpc) is 2.83. The van der Waals surface area contributed by atoms with Crippen molar-refractivity contribution in [3.05, 3.63) is 35.9 Å². The van der Waals surface area contributed by atoms with Gasteiger partial charge in [-0.05, 0) is 13.8 Å². The lowest BCUT2D eigenvalue weighted by atomic mass is 10.3. The molecule has 0 saturated heterocycles. The van der Waals surface area contributed by atoms with Crippen LogP contribution in [0.25, 0.3) is 0 Å². The summed E-state index contributed by atoms with van der Waals surface area (Å²) in [5, 5.41) is 9.15. The molecular formula is C10H12N6O. The molecule has 0 aliphatic rings. The Kier molecular flexibility index (Phi) is 3.08. The first kappa shape index (κ1) is 11.2. The lowest BCUT2D eigenvalue weighted by molar-refractivity contribution is 0.0933. The lowest BCUT2D eigenvalue weighted by Gasteiger charge is -2.10. The zero-order chi connectivity index (χ0) is 12.3. The van der Waals surface area contributed by atoms with Crippen LogP contribution in [0.5, 0.6) is 0 Å². The van der Waals surface area contributed by atoms with Crippen molar-refractivity contribution in [2.75, 3.05) is 0 Å². The largest absolute Gasteiger partial charge is 0.341 e. The number of aromatic nitrogens is 5. The second-order valence-electron chi connectivity index (χ2n) is 3.61. The molecule has 7 heteroatoms. The maximum absolute atomic E-state index is 11.8. The number of hydrogen-bond donors (Lipinski definition) is 2. The van der Waals surface area contributed by atoms with Crippen molar-refractivity contribution in [3.63, 3.8) is 0 Å². The maximum atomic E-state index is 11.8. The summed E-state index contributed by atoms with van der Waals surface area (Å²) in [7, 11) is 0. The number of hydrogen-bond acceptors (Lipinski definition) is 5. The summed E-state index contributed by atoms with van der Waals surface area (Å²) in [6, 6.07) is -0.256. The molecule has 88 valence electrons. The summed E-state index contributed by atoms with van der Waals surface area (Å²) in [6.45, 7) is 3.62. The number of H-pyrrole nitrogens is 1. The van der Waals surface area contributed by atoms with E-state index < -0.39 is 0 Å². The van der Waals surface area contributed by atoms with Gasteiger partial charge < -0.3 is 5.32 Å². The molecule has 0 fully saturated rings. The molecule has 17 heavy (non-hydrogen) atoms. The van der Waals surface area contributed by atoms with E-state index in [-0.39, 0.29) is 17.6 Å². The van der Waals surface area contributed by atoms with Crippen LogP contribution in [0.15, 0.2) is 18.7 Å². The third kappa shape index (κ3) is 2.63. The SMILES string of the molecule is Cc1cnc(C(=O)NC(C)c2ncn[nH]2)cn1. The van der Waals surface area contributed by atoms with E-state index in [1.54, 1.807) is 13.1 Å². The molecule has 0 spiro atoms. The Hall–Kier alpha value is -2.31. The van der Waals surface area contributed by atoms with Crippen molar-refractivity contribution < 1.29 is 4.79 Å². The van der Waals surface area contributed by atoms with Crippen LogP contribution >= 0.6 is 0 Å². The van der Waals surface area contributed by atoms with Gasteiger partial charge in [0.2, 0.25) is 0 Å². The van der Waals surface area contributed by atoms with Gasteiger partial charge in [0.25, 0.3) is 5.91 Å². The van der Waals surface area contributed by atoms with Crippen molar-refractivity contribution in [2.24, 2.45) is 0 Å². The third-order valence-corrected chi connectivity index (χ3v) is 2.20. The molecule has 0 saturated carbocycles. The summed E-state index contributed by atoms with van der Waals surface area (Å²) in [4.78, 5) is 23.7. The molecule has 2 aromatic rings. The minimum absolute atomic E-state index is 0.256. The molecule has 1 unspecified atom stereocenters. The van der Waals surface area contributed by atoms with Crippen molar-refractivity contribution in [1.29, 1.82) is 0 Å². The van der Waals surface area contributed by atoms with E-state index >= 15 is 0 Å². The molecule has 0 aromatic carbocycles. The van der Waals surface area contributed by atoms with E-state index in [1.165, 1.54) is 12.5 Å². The highest BCUT2D eigenvalue weighted by Gasteiger charge is 2.14. The van der Waals surface area contributed by atoms with Crippen molar-refractivity contribution >= 4 is 5.91 Å². The molecule has 2 rings (SSSR count). The molecule has 1 atom stereocenters. The minimum atomic E-state index is -0.290. The first-order valence-corrected chi connectivity index (χ1v) is 5.11. The zero-order valence-corrected chi connectivity index (χ0v) is 9.51. The fourth-order valence-corrected chi connectivity index (χ4v) is 1.27. The summed E-state index contributed by atoms with van der Waals surface area (Å²) in [5.41, 5.74) is 1.05. The summed E-state index contributed by atoms with van der Waals surface area (Å²) >= 11 is 0. The Morgan fingerprint density at radius 1 is 1.35 bits per heavy atom. The van der Waals surface area contributed by atoms with Gasteiger partial charge in [-0.1, -0.05) is 0 Å². The average molecular weight is 232 g/mol. The van der Waals surface area contributed by atoms with Crippen LogP contribution < -0.4 is 5.32 Å². The quantitative estimate of drug-likeness (QED) is 0.798. The zero-order valence-electron chi connectivity index (χ0n) is 9.51. The number of aryl methyl sites for hydroxylation is 1. The van der Waals surface area contributed by atoms with E-state index in [9.17, 15) is 4.79 Å². The standard InChI is InChI=1S/C10H12N6O/c1-6-3-12-8(4-11-6)10(17)15-7(2)9-13-5-14-16-9/h3-5,7H,1-2H3,(H,15,17)(H,13,14,16). The van der Waals surface area contributed by atoms with E-state index in [4.69, 9.17) is 0 Å². The van der Waals surface area contributed by atoms with Gasteiger partial charge in [-0.25, -0.2) is 9.97 Å². The monoisotopic (exact) mass is 232 g/mol. The molecule has 1 amide bonds. The molecule has 0 radical (unpaired) electrons. The van der Waals surface area contributed by atoms with Crippen LogP contribution in [0.1, 0.15) is 35.0 Å². The normalized spacial score (nSPS) is 12.1. The smallest absolute Gasteiger partial charge is 0.272 e. The van der Waals surface area contributed by atoms with Crippen LogP contribution in [0.4, 0.5) is 0 Å². The van der Waals surface area contributed by atoms with Crippen molar-refractivity contribution in [3.8, 4) is 0 Å². The number of carbonyl (C=O) groups is 1. The first-order valence-electron chi connectivity index (χ1n) is 5.11. The number of nitrogens with one attached hydrogen (secondary N) is 2. The summed E-state index contributed by atoms with van der Waals surface area (Å²) in [5.74, 6) is 0.305. The molecule has 0 aliphatic heterocycles. The van der Waals surface area contributed by atoms with Crippen LogP contribution in [0.2, 0.25) is 0 Å². The van der Waals surface area contributed by atoms with Gasteiger partial charge in [-0.15, -0.1) is 0 Å². The van der Waals surface area contributed by atoms with Crippen LogP contribution in [0.3, 0.4) is 0 Å². The molecule has 0 bridgehead atoms. The fraction of sp³-hybridized carbons (Fsp3) is 0.300. The second kappa shape index (κ2) is 4.69. The van der Waals surface area contributed by atoms with Gasteiger partial charge in [-0.3, -0.25) is 14.9 Å². The number of carbonyl (C=O) groups excluding carboxylic acids is 1. The van der Waals surface area contributed by atoms with Gasteiger partial charge in [0.1, 0.15) is 17.8 Å². The molecule has 2 aromatic heterocycles. The number of aromatic amines is 1. The third-order valence-electron chi connectivity index (χ3n) is 2.20. The summed E-state index contributed by atoms with van der Waals surface area (Å²) in [6.07, 6.45) is 4.38. The lowest BCUT2D eigenvalue weighted by Crippen LogP contribution is -2.28. The highest BCUT2D eigenvalue weighted by molar-refractivity contribution is 5.92. The number of rotatable bonds is 3. The van der Waals surface area contributed by atoms with Gasteiger partial charge in [0.15, 0.2) is 0 Å².